The zero-order valence-corrected chi connectivity index (χ0v) is 11.2. The van der Waals surface area contributed by atoms with Gasteiger partial charge in [-0.15, -0.1) is 0 Å². The number of rotatable bonds is 0. The van der Waals surface area contributed by atoms with Gasteiger partial charge in [0.15, 0.2) is 16.6 Å². The summed E-state index contributed by atoms with van der Waals surface area (Å²) in [6.07, 6.45) is 2.53. The van der Waals surface area contributed by atoms with Gasteiger partial charge in [0.1, 0.15) is 13.2 Å². The molecule has 0 radical (unpaired) electrons. The molecule has 1 aliphatic carbocycles. The minimum absolute atomic E-state index is 0.265. The second-order valence-electron chi connectivity index (χ2n) is 4.81. The van der Waals surface area contributed by atoms with Crippen molar-refractivity contribution in [2.24, 2.45) is 10.8 Å². The van der Waals surface area contributed by atoms with Crippen molar-refractivity contribution in [1.29, 1.82) is 21.0 Å². The average molecular weight is 289 g/mol. The highest BCUT2D eigenvalue weighted by Gasteiger charge is 2.53. The SMILES string of the molecule is N#CC1(C#N)C=c2cc3c(nc2=CC1(C#N)C#N)OCCO3. The van der Waals surface area contributed by atoms with E-state index in [1.54, 1.807) is 30.3 Å². The molecule has 0 saturated heterocycles. The van der Waals surface area contributed by atoms with Crippen LogP contribution in [0, 0.1) is 56.2 Å². The summed E-state index contributed by atoms with van der Waals surface area (Å²) in [5.41, 5.74) is -3.84. The van der Waals surface area contributed by atoms with E-state index in [2.05, 4.69) is 4.98 Å². The lowest BCUT2D eigenvalue weighted by molar-refractivity contribution is 0.163. The van der Waals surface area contributed by atoms with Crippen molar-refractivity contribution in [3.8, 4) is 35.9 Å². The molecule has 104 valence electrons. The van der Waals surface area contributed by atoms with E-state index in [-0.39, 0.29) is 5.88 Å². The molecule has 3 rings (SSSR count). The maximum atomic E-state index is 9.40. The highest BCUT2D eigenvalue weighted by molar-refractivity contribution is 5.66. The molecule has 0 atom stereocenters. The fourth-order valence-electron chi connectivity index (χ4n) is 2.43. The van der Waals surface area contributed by atoms with Gasteiger partial charge >= 0.3 is 0 Å². The summed E-state index contributed by atoms with van der Waals surface area (Å²) in [4.78, 5) is 4.22. The summed E-state index contributed by atoms with van der Waals surface area (Å²) < 4.78 is 10.8. The second-order valence-corrected chi connectivity index (χ2v) is 4.81. The Labute approximate surface area is 125 Å². The highest BCUT2D eigenvalue weighted by Crippen LogP contribution is 2.42. The molecule has 2 aliphatic rings. The number of aromatic nitrogens is 1. The molecule has 0 N–H and O–H groups in total. The lowest BCUT2D eigenvalue weighted by Gasteiger charge is -2.28. The average Bonchev–Trinajstić information content (AvgIpc) is 2.58. The van der Waals surface area contributed by atoms with Crippen molar-refractivity contribution in [3.05, 3.63) is 16.6 Å². The number of ether oxygens (including phenoxy) is 2. The van der Waals surface area contributed by atoms with Crippen molar-refractivity contribution in [1.82, 2.24) is 4.98 Å². The van der Waals surface area contributed by atoms with Gasteiger partial charge in [0.2, 0.25) is 0 Å². The van der Waals surface area contributed by atoms with Crippen molar-refractivity contribution in [2.75, 3.05) is 13.2 Å². The molecule has 0 amide bonds. The molecule has 0 saturated carbocycles. The van der Waals surface area contributed by atoms with Gasteiger partial charge in [-0.25, -0.2) is 4.98 Å². The summed E-state index contributed by atoms with van der Waals surface area (Å²) in [5, 5.41) is 38.4. The molecule has 0 unspecified atom stereocenters. The van der Waals surface area contributed by atoms with Gasteiger partial charge in [-0.05, 0) is 18.2 Å². The van der Waals surface area contributed by atoms with Crippen LogP contribution < -0.4 is 20.0 Å². The number of nitriles is 4. The molecule has 0 bridgehead atoms. The Kier molecular flexibility index (Phi) is 2.74. The Balaban J connectivity index is 2.41. The topological polar surface area (TPSA) is 127 Å². The molecule has 7 nitrogen and oxygen atoms in total. The number of fused-ring (bicyclic) bond motifs is 2. The van der Waals surface area contributed by atoms with Crippen molar-refractivity contribution in [2.45, 2.75) is 0 Å². The molecule has 1 aliphatic heterocycles. The van der Waals surface area contributed by atoms with E-state index in [1.807, 2.05) is 0 Å². The summed E-state index contributed by atoms with van der Waals surface area (Å²) >= 11 is 0. The number of pyridine rings is 1. The van der Waals surface area contributed by atoms with Crippen molar-refractivity contribution >= 4 is 12.2 Å². The van der Waals surface area contributed by atoms with Gasteiger partial charge in [0.05, 0.1) is 29.6 Å². The first-order valence-electron chi connectivity index (χ1n) is 6.31. The van der Waals surface area contributed by atoms with Crippen LogP contribution in [0.25, 0.3) is 12.2 Å². The third-order valence-corrected chi connectivity index (χ3v) is 3.65. The first kappa shape index (κ1) is 13.4. The van der Waals surface area contributed by atoms with E-state index in [9.17, 15) is 21.0 Å². The first-order chi connectivity index (χ1) is 10.6. The molecular formula is C15H7N5O2. The van der Waals surface area contributed by atoms with Crippen LogP contribution in [0.5, 0.6) is 11.6 Å². The minimum atomic E-state index is -1.93. The van der Waals surface area contributed by atoms with Gasteiger partial charge in [-0.2, -0.15) is 21.0 Å². The maximum Gasteiger partial charge on any atom is 0.257 e. The molecule has 0 aromatic carbocycles. The standard InChI is InChI=1S/C15H7N5O2/c16-6-14(7-17)4-10-3-12-13(22-2-1-21-12)20-11(10)5-15(14,8-18)9-19/h3-5H,1-2H2. The largest absolute Gasteiger partial charge is 0.484 e. The molecule has 22 heavy (non-hydrogen) atoms. The van der Waals surface area contributed by atoms with Gasteiger partial charge < -0.3 is 9.47 Å². The van der Waals surface area contributed by atoms with Crippen LogP contribution in [-0.2, 0) is 0 Å². The van der Waals surface area contributed by atoms with Gasteiger partial charge in [-0.1, -0.05) is 0 Å². The summed E-state index contributed by atoms with van der Waals surface area (Å²) in [6, 6.07) is 8.72. The Morgan fingerprint density at radius 3 is 2.14 bits per heavy atom. The minimum Gasteiger partial charge on any atom is -0.484 e. The predicted octanol–water partition coefficient (Wildman–Crippen LogP) is -0.505. The summed E-state index contributed by atoms with van der Waals surface area (Å²) in [7, 11) is 0. The first-order valence-corrected chi connectivity index (χ1v) is 6.31. The van der Waals surface area contributed by atoms with Crippen LogP contribution in [0.2, 0.25) is 0 Å². The smallest absolute Gasteiger partial charge is 0.257 e. The predicted molar refractivity (Wildman–Crippen MR) is 70.7 cm³/mol. The lowest BCUT2D eigenvalue weighted by Crippen LogP contribution is -2.46. The molecule has 0 fully saturated rings. The Bertz CT molecular complexity index is 845. The third-order valence-electron chi connectivity index (χ3n) is 3.65. The van der Waals surface area contributed by atoms with Crippen LogP contribution in [0.1, 0.15) is 0 Å². The van der Waals surface area contributed by atoms with E-state index in [4.69, 9.17) is 9.47 Å². The number of hydrogen-bond donors (Lipinski definition) is 0. The van der Waals surface area contributed by atoms with E-state index in [0.717, 1.165) is 0 Å². The quantitative estimate of drug-likeness (QED) is 0.629. The van der Waals surface area contributed by atoms with Crippen LogP contribution in [0.4, 0.5) is 0 Å². The molecule has 7 heteroatoms. The second kappa shape index (κ2) is 4.48. The number of hydrogen-bond acceptors (Lipinski definition) is 7. The zero-order valence-electron chi connectivity index (χ0n) is 11.2. The zero-order chi connectivity index (χ0) is 15.8. The molecular weight excluding hydrogens is 282 g/mol. The molecule has 1 aromatic rings. The van der Waals surface area contributed by atoms with Gasteiger partial charge in [0.25, 0.3) is 5.88 Å². The van der Waals surface area contributed by atoms with Crippen LogP contribution in [0.3, 0.4) is 0 Å². The normalized spacial score (nSPS) is 18.7. The fraction of sp³-hybridized carbons (Fsp3) is 0.267. The monoisotopic (exact) mass is 289 g/mol. The van der Waals surface area contributed by atoms with E-state index in [0.29, 0.717) is 29.5 Å². The van der Waals surface area contributed by atoms with Crippen LogP contribution >= 0.6 is 0 Å². The molecule has 1 aromatic heterocycles. The Morgan fingerprint density at radius 1 is 0.909 bits per heavy atom. The van der Waals surface area contributed by atoms with Gasteiger partial charge in [-0.3, -0.25) is 0 Å². The van der Waals surface area contributed by atoms with E-state index >= 15 is 0 Å². The summed E-state index contributed by atoms with van der Waals surface area (Å²) in [6.45, 7) is 0.726. The highest BCUT2D eigenvalue weighted by atomic mass is 16.6. The van der Waals surface area contributed by atoms with Crippen LogP contribution in [0.15, 0.2) is 6.07 Å². The number of nitrogens with zero attached hydrogens (tertiary/aromatic N) is 5. The lowest BCUT2D eigenvalue weighted by atomic mass is 9.64. The van der Waals surface area contributed by atoms with E-state index in [1.165, 1.54) is 12.2 Å². The van der Waals surface area contributed by atoms with Gasteiger partial charge in [0, 0.05) is 5.22 Å². The third kappa shape index (κ3) is 1.54. The fourth-order valence-corrected chi connectivity index (χ4v) is 2.43. The molecule has 0 spiro atoms. The Hall–Kier alpha value is -3.55. The van der Waals surface area contributed by atoms with Crippen LogP contribution in [-0.4, -0.2) is 18.2 Å². The van der Waals surface area contributed by atoms with Crippen molar-refractivity contribution in [3.63, 3.8) is 0 Å². The van der Waals surface area contributed by atoms with Crippen molar-refractivity contribution < 1.29 is 9.47 Å². The maximum absolute atomic E-state index is 9.40. The van der Waals surface area contributed by atoms with E-state index < -0.39 is 10.8 Å². The Morgan fingerprint density at radius 2 is 1.50 bits per heavy atom. The molecule has 2 heterocycles. The summed E-state index contributed by atoms with van der Waals surface area (Å²) in [5.74, 6) is 0.668.